The molecule has 4 atom stereocenters. The monoisotopic (exact) mass is 646 g/mol. The van der Waals surface area contributed by atoms with Crippen LogP contribution in [-0.4, -0.2) is 79.5 Å². The summed E-state index contributed by atoms with van der Waals surface area (Å²) in [5, 5.41) is 14.2. The Bertz CT molecular complexity index is 1330. The van der Waals surface area contributed by atoms with Gasteiger partial charge in [0, 0.05) is 25.0 Å². The number of amides is 3. The smallest absolute Gasteiger partial charge is 0.424 e. The van der Waals surface area contributed by atoms with E-state index in [2.05, 4.69) is 10.0 Å². The Morgan fingerprint density at radius 1 is 0.889 bits per heavy atom. The Balaban J connectivity index is 2.44. The van der Waals surface area contributed by atoms with Crippen LogP contribution in [0.3, 0.4) is 0 Å². The van der Waals surface area contributed by atoms with Crippen LogP contribution in [0.15, 0.2) is 60.7 Å². The number of aliphatic hydroxyl groups excluding tert-OH is 1. The third kappa shape index (κ3) is 14.2. The van der Waals surface area contributed by atoms with Gasteiger partial charge in [0.1, 0.15) is 5.60 Å². The van der Waals surface area contributed by atoms with Gasteiger partial charge >= 0.3 is 6.09 Å². The number of hydrogen-bond donors (Lipinski definition) is 4. The molecule has 45 heavy (non-hydrogen) atoms. The number of nitrogens with zero attached hydrogens (tertiary/aromatic N) is 1. The SMILES string of the molecule is CC(C)C[C@H](NCCNS(C)(=O)=O)C(=O)N(C(=O)OC(C)(C)C)C(=O)[C@H](Cc1ccccc1)C[C@H](O)[C@@H](N)Cc1ccccc1. The molecule has 2 rings (SSSR count). The summed E-state index contributed by atoms with van der Waals surface area (Å²) in [6.07, 6.45) is -0.548. The highest BCUT2D eigenvalue weighted by Crippen LogP contribution is 2.23. The molecule has 0 spiro atoms. The van der Waals surface area contributed by atoms with Gasteiger partial charge in [0.05, 0.1) is 18.4 Å². The molecule has 0 fully saturated rings. The van der Waals surface area contributed by atoms with Crippen molar-refractivity contribution in [2.45, 2.75) is 84.1 Å². The van der Waals surface area contributed by atoms with E-state index in [0.29, 0.717) is 11.3 Å². The molecule has 0 aromatic heterocycles. The second kappa shape index (κ2) is 17.5. The van der Waals surface area contributed by atoms with Gasteiger partial charge < -0.3 is 20.9 Å². The van der Waals surface area contributed by atoms with Crippen LogP contribution in [0.4, 0.5) is 4.79 Å². The maximum atomic E-state index is 14.3. The number of aliphatic hydroxyl groups is 1. The van der Waals surface area contributed by atoms with E-state index in [1.165, 1.54) is 0 Å². The number of carbonyl (C=O) groups is 3. The third-order valence-electron chi connectivity index (χ3n) is 6.91. The van der Waals surface area contributed by atoms with Crippen LogP contribution < -0.4 is 15.8 Å². The summed E-state index contributed by atoms with van der Waals surface area (Å²) in [5.74, 6) is -2.63. The van der Waals surface area contributed by atoms with Crippen LogP contribution in [0.1, 0.15) is 58.6 Å². The van der Waals surface area contributed by atoms with Crippen molar-refractivity contribution in [3.05, 3.63) is 71.8 Å². The summed E-state index contributed by atoms with van der Waals surface area (Å²) in [7, 11) is -3.46. The molecule has 0 heterocycles. The lowest BCUT2D eigenvalue weighted by Crippen LogP contribution is -2.55. The van der Waals surface area contributed by atoms with Crippen molar-refractivity contribution in [2.24, 2.45) is 17.6 Å². The first kappa shape index (κ1) is 38.0. The zero-order valence-electron chi connectivity index (χ0n) is 27.2. The molecule has 0 radical (unpaired) electrons. The van der Waals surface area contributed by atoms with Gasteiger partial charge in [0.15, 0.2) is 0 Å². The maximum Gasteiger partial charge on any atom is 0.424 e. The molecular formula is C33H50N4O7S. The highest BCUT2D eigenvalue weighted by Gasteiger charge is 2.41. The quantitative estimate of drug-likeness (QED) is 0.200. The van der Waals surface area contributed by atoms with Gasteiger partial charge in [0.2, 0.25) is 15.9 Å². The van der Waals surface area contributed by atoms with Crippen molar-refractivity contribution in [3.63, 3.8) is 0 Å². The first-order valence-corrected chi connectivity index (χ1v) is 17.2. The van der Waals surface area contributed by atoms with E-state index in [-0.39, 0.29) is 38.3 Å². The minimum Gasteiger partial charge on any atom is -0.443 e. The van der Waals surface area contributed by atoms with Gasteiger partial charge in [-0.15, -0.1) is 0 Å². The Morgan fingerprint density at radius 3 is 1.91 bits per heavy atom. The number of ether oxygens (including phenoxy) is 1. The molecule has 250 valence electrons. The van der Waals surface area contributed by atoms with Crippen molar-refractivity contribution in [2.75, 3.05) is 19.3 Å². The van der Waals surface area contributed by atoms with Crippen molar-refractivity contribution in [1.82, 2.24) is 14.9 Å². The van der Waals surface area contributed by atoms with Crippen molar-refractivity contribution < 1.29 is 32.6 Å². The van der Waals surface area contributed by atoms with E-state index in [4.69, 9.17) is 10.5 Å². The molecule has 0 aliphatic heterocycles. The van der Waals surface area contributed by atoms with E-state index in [9.17, 15) is 27.9 Å². The van der Waals surface area contributed by atoms with Crippen LogP contribution in [0, 0.1) is 11.8 Å². The molecule has 0 aliphatic carbocycles. The number of sulfonamides is 1. The number of carbonyl (C=O) groups excluding carboxylic acids is 3. The minimum absolute atomic E-state index is 0.00319. The molecule has 2 aromatic rings. The molecule has 2 aromatic carbocycles. The number of rotatable bonds is 16. The lowest BCUT2D eigenvalue weighted by Gasteiger charge is -2.32. The van der Waals surface area contributed by atoms with E-state index in [1.807, 2.05) is 74.5 Å². The third-order valence-corrected chi connectivity index (χ3v) is 7.64. The number of hydrogen-bond acceptors (Lipinski definition) is 9. The van der Waals surface area contributed by atoms with Gasteiger partial charge in [0.25, 0.3) is 5.91 Å². The molecule has 0 aliphatic rings. The lowest BCUT2D eigenvalue weighted by atomic mass is 9.88. The van der Waals surface area contributed by atoms with E-state index in [1.54, 1.807) is 20.8 Å². The predicted octanol–water partition coefficient (Wildman–Crippen LogP) is 3.01. The fourth-order valence-corrected chi connectivity index (χ4v) is 5.29. The van der Waals surface area contributed by atoms with Gasteiger partial charge in [-0.3, -0.25) is 9.59 Å². The van der Waals surface area contributed by atoms with Crippen LogP contribution >= 0.6 is 0 Å². The Kier molecular flexibility index (Phi) is 14.8. The molecule has 3 amide bonds. The molecule has 0 unspecified atom stereocenters. The van der Waals surface area contributed by atoms with E-state index < -0.39 is 57.6 Å². The standard InChI is InChI=1S/C33H50N4O7S/c1-23(2)19-28(35-17-18-36-45(6,42)43)31(40)37(32(41)44-33(3,4)5)30(39)26(20-24-13-9-7-10-14-24)22-29(38)27(34)21-25-15-11-8-12-16-25/h7-16,23,26-29,35-36,38H,17-22,34H2,1-6H3/t26-,27+,28+,29+/m1/s1. The zero-order chi connectivity index (χ0) is 33.8. The second-order valence-electron chi connectivity index (χ2n) is 12.8. The maximum absolute atomic E-state index is 14.3. The molecule has 0 saturated carbocycles. The largest absolute Gasteiger partial charge is 0.443 e. The zero-order valence-corrected chi connectivity index (χ0v) is 28.0. The van der Waals surface area contributed by atoms with Crippen molar-refractivity contribution >= 4 is 27.9 Å². The van der Waals surface area contributed by atoms with Crippen molar-refractivity contribution in [1.29, 1.82) is 0 Å². The molecule has 0 saturated heterocycles. The van der Waals surface area contributed by atoms with E-state index in [0.717, 1.165) is 17.4 Å². The highest BCUT2D eigenvalue weighted by molar-refractivity contribution is 7.88. The topological polar surface area (TPSA) is 168 Å². The molecular weight excluding hydrogens is 596 g/mol. The van der Waals surface area contributed by atoms with Gasteiger partial charge in [-0.2, -0.15) is 4.90 Å². The van der Waals surface area contributed by atoms with Crippen LogP contribution in [0.5, 0.6) is 0 Å². The summed E-state index contributed by atoms with van der Waals surface area (Å²) in [4.78, 5) is 42.5. The number of nitrogens with one attached hydrogen (secondary N) is 2. The molecule has 12 heteroatoms. The van der Waals surface area contributed by atoms with E-state index >= 15 is 0 Å². The first-order valence-electron chi connectivity index (χ1n) is 15.3. The lowest BCUT2D eigenvalue weighted by molar-refractivity contribution is -0.148. The minimum atomic E-state index is -3.46. The predicted molar refractivity (Wildman–Crippen MR) is 175 cm³/mol. The summed E-state index contributed by atoms with van der Waals surface area (Å²) >= 11 is 0. The average Bonchev–Trinajstić information content (AvgIpc) is 2.93. The Hall–Kier alpha value is -3.16. The number of benzene rings is 2. The summed E-state index contributed by atoms with van der Waals surface area (Å²) < 4.78 is 30.9. The fraction of sp³-hybridized carbons (Fsp3) is 0.545. The average molecular weight is 647 g/mol. The Morgan fingerprint density at radius 2 is 1.42 bits per heavy atom. The molecule has 0 bridgehead atoms. The van der Waals surface area contributed by atoms with Gasteiger partial charge in [-0.05, 0) is 63.5 Å². The first-order chi connectivity index (χ1) is 21.0. The summed E-state index contributed by atoms with van der Waals surface area (Å²) in [5.41, 5.74) is 7.07. The fourth-order valence-electron chi connectivity index (χ4n) is 4.82. The summed E-state index contributed by atoms with van der Waals surface area (Å²) in [6.45, 7) is 8.75. The second-order valence-corrected chi connectivity index (χ2v) is 14.7. The Labute approximate surface area is 268 Å². The van der Waals surface area contributed by atoms with Crippen molar-refractivity contribution in [3.8, 4) is 0 Å². The van der Waals surface area contributed by atoms with Crippen LogP contribution in [0.25, 0.3) is 0 Å². The number of nitrogens with two attached hydrogens (primary N) is 1. The van der Waals surface area contributed by atoms with Crippen LogP contribution in [0.2, 0.25) is 0 Å². The summed E-state index contributed by atoms with van der Waals surface area (Å²) in [6, 6.07) is 16.9. The van der Waals surface area contributed by atoms with Gasteiger partial charge in [-0.25, -0.2) is 17.9 Å². The van der Waals surface area contributed by atoms with Gasteiger partial charge in [-0.1, -0.05) is 74.5 Å². The van der Waals surface area contributed by atoms with Crippen LogP contribution in [-0.2, 0) is 37.2 Å². The molecule has 11 nitrogen and oxygen atoms in total. The number of imide groups is 3. The highest BCUT2D eigenvalue weighted by atomic mass is 32.2. The normalized spacial score (nSPS) is 14.8. The molecule has 5 N–H and O–H groups in total.